The van der Waals surface area contributed by atoms with Crippen molar-refractivity contribution >= 4 is 55.0 Å². The predicted octanol–water partition coefficient (Wildman–Crippen LogP) is 4.35. The van der Waals surface area contributed by atoms with Gasteiger partial charge in [0.25, 0.3) is 0 Å². The minimum absolute atomic E-state index is 0.106. The topological polar surface area (TPSA) is 58.6 Å². The van der Waals surface area contributed by atoms with Gasteiger partial charge in [0.2, 0.25) is 11.8 Å². The molecular formula is C18H15Br2FN2O3. The van der Waals surface area contributed by atoms with Gasteiger partial charge in [-0.05, 0) is 62.2 Å². The molecular weight excluding hydrogens is 471 g/mol. The first kappa shape index (κ1) is 18.8. The summed E-state index contributed by atoms with van der Waals surface area (Å²) in [6.45, 7) is 0.252. The monoisotopic (exact) mass is 484 g/mol. The average Bonchev–Trinajstić information content (AvgIpc) is 3.00. The number of amides is 2. The number of nitrogens with one attached hydrogen (secondary N) is 1. The molecule has 1 aliphatic heterocycles. The molecule has 1 aliphatic rings. The van der Waals surface area contributed by atoms with Gasteiger partial charge >= 0.3 is 0 Å². The number of halogens is 3. The van der Waals surface area contributed by atoms with Crippen molar-refractivity contribution in [1.29, 1.82) is 0 Å². The third-order valence-electron chi connectivity index (χ3n) is 4.13. The first-order chi connectivity index (χ1) is 12.4. The number of ether oxygens (including phenoxy) is 1. The fraction of sp³-hybridized carbons (Fsp3) is 0.222. The molecule has 0 aliphatic carbocycles. The van der Waals surface area contributed by atoms with Gasteiger partial charge in [-0.3, -0.25) is 9.59 Å². The molecule has 26 heavy (non-hydrogen) atoms. The van der Waals surface area contributed by atoms with Crippen molar-refractivity contribution in [3.63, 3.8) is 0 Å². The van der Waals surface area contributed by atoms with E-state index in [4.69, 9.17) is 4.74 Å². The van der Waals surface area contributed by atoms with E-state index < -0.39 is 5.92 Å². The molecule has 0 saturated carbocycles. The van der Waals surface area contributed by atoms with E-state index in [0.717, 1.165) is 4.47 Å². The zero-order valence-corrected chi connectivity index (χ0v) is 16.9. The maximum atomic E-state index is 13.1. The lowest BCUT2D eigenvalue weighted by atomic mass is 10.1. The van der Waals surface area contributed by atoms with E-state index in [-0.39, 0.29) is 30.6 Å². The number of carbonyl (C=O) groups is 2. The SMILES string of the molecule is COc1cc(NC(=O)[C@H]2CC(=O)N(c3ccc(F)cc3)C2)c(Br)cc1Br. The summed E-state index contributed by atoms with van der Waals surface area (Å²) >= 11 is 6.78. The summed E-state index contributed by atoms with van der Waals surface area (Å²) in [5.74, 6) is -0.700. The summed E-state index contributed by atoms with van der Waals surface area (Å²) in [4.78, 5) is 26.4. The molecule has 0 radical (unpaired) electrons. The first-order valence-electron chi connectivity index (χ1n) is 7.79. The van der Waals surface area contributed by atoms with Crippen molar-refractivity contribution in [2.75, 3.05) is 23.9 Å². The van der Waals surface area contributed by atoms with Crippen LogP contribution in [-0.4, -0.2) is 25.5 Å². The van der Waals surface area contributed by atoms with Gasteiger partial charge in [-0.25, -0.2) is 4.39 Å². The average molecular weight is 486 g/mol. The van der Waals surface area contributed by atoms with Gasteiger partial charge in [-0.2, -0.15) is 0 Å². The van der Waals surface area contributed by atoms with Crippen molar-refractivity contribution < 1.29 is 18.7 Å². The molecule has 2 aromatic carbocycles. The number of benzene rings is 2. The second-order valence-corrected chi connectivity index (χ2v) is 7.55. The third kappa shape index (κ3) is 3.91. The van der Waals surface area contributed by atoms with Crippen molar-refractivity contribution in [1.82, 2.24) is 0 Å². The minimum atomic E-state index is -0.492. The molecule has 1 atom stereocenters. The third-order valence-corrected chi connectivity index (χ3v) is 5.41. The quantitative estimate of drug-likeness (QED) is 0.700. The van der Waals surface area contributed by atoms with Gasteiger partial charge in [0.15, 0.2) is 0 Å². The van der Waals surface area contributed by atoms with Crippen LogP contribution in [0.4, 0.5) is 15.8 Å². The number of nitrogens with zero attached hydrogens (tertiary/aromatic N) is 1. The Balaban J connectivity index is 1.73. The Morgan fingerprint density at radius 1 is 1.23 bits per heavy atom. The van der Waals surface area contributed by atoms with E-state index >= 15 is 0 Å². The molecule has 1 saturated heterocycles. The predicted molar refractivity (Wildman–Crippen MR) is 104 cm³/mol. The smallest absolute Gasteiger partial charge is 0.229 e. The van der Waals surface area contributed by atoms with Gasteiger partial charge < -0.3 is 15.0 Å². The molecule has 0 spiro atoms. The second-order valence-electron chi connectivity index (χ2n) is 5.84. The highest BCUT2D eigenvalue weighted by Crippen LogP contribution is 2.35. The van der Waals surface area contributed by atoms with E-state index in [9.17, 15) is 14.0 Å². The molecule has 8 heteroatoms. The molecule has 0 unspecified atom stereocenters. The van der Waals surface area contributed by atoms with Gasteiger partial charge in [0, 0.05) is 29.2 Å². The number of hydrogen-bond acceptors (Lipinski definition) is 3. The molecule has 2 aromatic rings. The Hall–Kier alpha value is -1.93. The van der Waals surface area contributed by atoms with Crippen LogP contribution in [0.5, 0.6) is 5.75 Å². The number of hydrogen-bond donors (Lipinski definition) is 1. The van der Waals surface area contributed by atoms with Crippen LogP contribution in [-0.2, 0) is 9.59 Å². The maximum absolute atomic E-state index is 13.1. The highest BCUT2D eigenvalue weighted by atomic mass is 79.9. The Morgan fingerprint density at radius 3 is 2.58 bits per heavy atom. The molecule has 2 amide bonds. The summed E-state index contributed by atoms with van der Waals surface area (Å²) in [5.41, 5.74) is 1.14. The van der Waals surface area contributed by atoms with Crippen LogP contribution in [0.25, 0.3) is 0 Å². The summed E-state index contributed by atoms with van der Waals surface area (Å²) in [6.07, 6.45) is 0.106. The van der Waals surface area contributed by atoms with Crippen molar-refractivity contribution in [2.45, 2.75) is 6.42 Å². The zero-order valence-electron chi connectivity index (χ0n) is 13.8. The number of methoxy groups -OCH3 is 1. The normalized spacial score (nSPS) is 16.7. The number of anilines is 2. The molecule has 1 N–H and O–H groups in total. The van der Waals surface area contributed by atoms with Crippen LogP contribution in [0.2, 0.25) is 0 Å². The number of rotatable bonds is 4. The van der Waals surface area contributed by atoms with Crippen LogP contribution in [0.15, 0.2) is 45.3 Å². The highest BCUT2D eigenvalue weighted by Gasteiger charge is 2.35. The minimum Gasteiger partial charge on any atom is -0.495 e. The van der Waals surface area contributed by atoms with Crippen LogP contribution in [0.3, 0.4) is 0 Å². The maximum Gasteiger partial charge on any atom is 0.229 e. The lowest BCUT2D eigenvalue weighted by Gasteiger charge is -2.17. The van der Waals surface area contributed by atoms with Gasteiger partial charge in [-0.1, -0.05) is 0 Å². The van der Waals surface area contributed by atoms with E-state index in [1.165, 1.54) is 36.3 Å². The van der Waals surface area contributed by atoms with Crippen molar-refractivity contribution in [3.8, 4) is 5.75 Å². The Kier molecular flexibility index (Phi) is 5.62. The molecule has 3 rings (SSSR count). The van der Waals surface area contributed by atoms with Crippen molar-refractivity contribution in [2.24, 2.45) is 5.92 Å². The second kappa shape index (κ2) is 7.75. The molecule has 1 heterocycles. The van der Waals surface area contributed by atoms with Gasteiger partial charge in [0.1, 0.15) is 11.6 Å². The van der Waals surface area contributed by atoms with E-state index in [1.54, 1.807) is 12.1 Å². The summed E-state index contributed by atoms with van der Waals surface area (Å²) in [5, 5.41) is 2.83. The van der Waals surface area contributed by atoms with Crippen LogP contribution < -0.4 is 15.0 Å². The molecule has 136 valence electrons. The van der Waals surface area contributed by atoms with Crippen LogP contribution in [0, 0.1) is 11.7 Å². The molecule has 0 aromatic heterocycles. The highest BCUT2D eigenvalue weighted by molar-refractivity contribution is 9.11. The van der Waals surface area contributed by atoms with E-state index in [1.807, 2.05) is 0 Å². The number of carbonyl (C=O) groups excluding carboxylic acids is 2. The summed E-state index contributed by atoms with van der Waals surface area (Å²) < 4.78 is 19.7. The van der Waals surface area contributed by atoms with Gasteiger partial charge in [0.05, 0.1) is 23.2 Å². The van der Waals surface area contributed by atoms with E-state index in [0.29, 0.717) is 21.6 Å². The summed E-state index contributed by atoms with van der Waals surface area (Å²) in [6, 6.07) is 9.12. The largest absolute Gasteiger partial charge is 0.495 e. The lowest BCUT2D eigenvalue weighted by Crippen LogP contribution is -2.28. The Bertz CT molecular complexity index is 858. The fourth-order valence-electron chi connectivity index (χ4n) is 2.77. The standard InChI is InChI=1S/C18H15Br2FN2O3/c1-26-16-8-15(13(19)7-14(16)20)22-18(25)10-6-17(24)23(9-10)12-4-2-11(21)3-5-12/h2-5,7-8,10H,6,9H2,1H3,(H,22,25)/t10-/m0/s1. The fourth-order valence-corrected chi connectivity index (χ4v) is 4.02. The van der Waals surface area contributed by atoms with Crippen molar-refractivity contribution in [3.05, 3.63) is 51.2 Å². The summed E-state index contributed by atoms with van der Waals surface area (Å²) in [7, 11) is 1.54. The lowest BCUT2D eigenvalue weighted by molar-refractivity contribution is -0.122. The Morgan fingerprint density at radius 2 is 1.92 bits per heavy atom. The van der Waals surface area contributed by atoms with Gasteiger partial charge in [-0.15, -0.1) is 0 Å². The molecule has 1 fully saturated rings. The molecule has 5 nitrogen and oxygen atoms in total. The van der Waals surface area contributed by atoms with Crippen LogP contribution >= 0.6 is 31.9 Å². The first-order valence-corrected chi connectivity index (χ1v) is 9.37. The molecule has 0 bridgehead atoms. The van der Waals surface area contributed by atoms with Crippen LogP contribution in [0.1, 0.15) is 6.42 Å². The van der Waals surface area contributed by atoms with E-state index in [2.05, 4.69) is 37.2 Å². The Labute approximate surface area is 166 Å². The zero-order chi connectivity index (χ0) is 18.8.